The standard InChI is InChI=1S/C10H10F3NO/c1-5(14-6(2)15)10-8(12)3-7(11)4-9(10)13/h3-5H,1-2H3,(H,14,15). The van der Waals surface area contributed by atoms with Gasteiger partial charge in [-0.05, 0) is 6.92 Å². The zero-order valence-corrected chi connectivity index (χ0v) is 8.27. The second-order valence-corrected chi connectivity index (χ2v) is 3.21. The molecular weight excluding hydrogens is 207 g/mol. The molecule has 0 heterocycles. The van der Waals surface area contributed by atoms with E-state index in [2.05, 4.69) is 5.32 Å². The minimum absolute atomic E-state index is 0.341. The monoisotopic (exact) mass is 217 g/mol. The molecule has 1 atom stereocenters. The molecule has 0 bridgehead atoms. The molecule has 0 aliphatic heterocycles. The number of hydrogen-bond acceptors (Lipinski definition) is 1. The Labute approximate surface area is 85.1 Å². The van der Waals surface area contributed by atoms with Crippen LogP contribution in [-0.4, -0.2) is 5.91 Å². The first-order valence-electron chi connectivity index (χ1n) is 4.33. The largest absolute Gasteiger partial charge is 0.350 e. The van der Waals surface area contributed by atoms with Crippen LogP contribution in [0.3, 0.4) is 0 Å². The molecule has 5 heteroatoms. The fraction of sp³-hybridized carbons (Fsp3) is 0.300. The van der Waals surface area contributed by atoms with Crippen LogP contribution in [0.2, 0.25) is 0 Å². The summed E-state index contributed by atoms with van der Waals surface area (Å²) in [5.74, 6) is -3.41. The Balaban J connectivity index is 3.08. The van der Waals surface area contributed by atoms with Crippen LogP contribution in [0.5, 0.6) is 0 Å². The van der Waals surface area contributed by atoms with Crippen molar-refractivity contribution in [2.45, 2.75) is 19.9 Å². The first kappa shape index (κ1) is 11.6. The van der Waals surface area contributed by atoms with Crippen LogP contribution >= 0.6 is 0 Å². The third-order valence-corrected chi connectivity index (χ3v) is 1.90. The Hall–Kier alpha value is -1.52. The molecule has 0 fully saturated rings. The molecule has 1 aromatic rings. The molecule has 0 aromatic heterocycles. The van der Waals surface area contributed by atoms with Gasteiger partial charge in [-0.15, -0.1) is 0 Å². The van der Waals surface area contributed by atoms with Gasteiger partial charge in [0.25, 0.3) is 0 Å². The Morgan fingerprint density at radius 3 is 2.13 bits per heavy atom. The lowest BCUT2D eigenvalue weighted by molar-refractivity contribution is -0.119. The highest BCUT2D eigenvalue weighted by Gasteiger charge is 2.18. The van der Waals surface area contributed by atoms with E-state index in [4.69, 9.17) is 0 Å². The lowest BCUT2D eigenvalue weighted by Gasteiger charge is -2.14. The Bertz CT molecular complexity index is 369. The third-order valence-electron chi connectivity index (χ3n) is 1.90. The van der Waals surface area contributed by atoms with Gasteiger partial charge in [-0.2, -0.15) is 0 Å². The van der Waals surface area contributed by atoms with Crippen LogP contribution < -0.4 is 5.32 Å². The molecular formula is C10H10F3NO. The van der Waals surface area contributed by atoms with Crippen molar-refractivity contribution in [2.24, 2.45) is 0 Å². The second-order valence-electron chi connectivity index (χ2n) is 3.21. The summed E-state index contributed by atoms with van der Waals surface area (Å²) in [6.07, 6.45) is 0. The van der Waals surface area contributed by atoms with Crippen molar-refractivity contribution in [1.29, 1.82) is 0 Å². The highest BCUT2D eigenvalue weighted by Crippen LogP contribution is 2.21. The summed E-state index contributed by atoms with van der Waals surface area (Å²) >= 11 is 0. The zero-order chi connectivity index (χ0) is 11.6. The number of hydrogen-bond donors (Lipinski definition) is 1. The van der Waals surface area contributed by atoms with Crippen molar-refractivity contribution in [2.75, 3.05) is 0 Å². The molecule has 82 valence electrons. The van der Waals surface area contributed by atoms with Gasteiger partial charge in [-0.25, -0.2) is 13.2 Å². The average Bonchev–Trinajstić information content (AvgIpc) is 1.99. The van der Waals surface area contributed by atoms with Crippen molar-refractivity contribution >= 4 is 5.91 Å². The SMILES string of the molecule is CC(=O)NC(C)c1c(F)cc(F)cc1F. The van der Waals surface area contributed by atoms with Crippen LogP contribution in [0, 0.1) is 17.5 Å². The highest BCUT2D eigenvalue weighted by molar-refractivity contribution is 5.73. The summed E-state index contributed by atoms with van der Waals surface area (Å²) in [6.45, 7) is 2.65. The number of carbonyl (C=O) groups is 1. The quantitative estimate of drug-likeness (QED) is 0.809. The fourth-order valence-electron chi connectivity index (χ4n) is 1.34. The van der Waals surface area contributed by atoms with Crippen molar-refractivity contribution in [1.82, 2.24) is 5.32 Å². The van der Waals surface area contributed by atoms with Crippen molar-refractivity contribution in [3.8, 4) is 0 Å². The molecule has 0 saturated carbocycles. The van der Waals surface area contributed by atoms with E-state index >= 15 is 0 Å². The number of halogens is 3. The summed E-state index contributed by atoms with van der Waals surface area (Å²) in [4.78, 5) is 10.7. The Kier molecular flexibility index (Phi) is 3.34. The Morgan fingerprint density at radius 2 is 1.73 bits per heavy atom. The fourth-order valence-corrected chi connectivity index (χ4v) is 1.34. The zero-order valence-electron chi connectivity index (χ0n) is 8.27. The van der Waals surface area contributed by atoms with Gasteiger partial charge >= 0.3 is 0 Å². The average molecular weight is 217 g/mol. The van der Waals surface area contributed by atoms with Crippen molar-refractivity contribution in [3.05, 3.63) is 35.1 Å². The molecule has 0 aliphatic rings. The van der Waals surface area contributed by atoms with Crippen LogP contribution in [0.1, 0.15) is 25.5 Å². The van der Waals surface area contributed by atoms with Gasteiger partial charge in [0.2, 0.25) is 5.91 Å². The van der Waals surface area contributed by atoms with Gasteiger partial charge in [0.15, 0.2) is 0 Å². The van der Waals surface area contributed by atoms with Crippen LogP contribution in [-0.2, 0) is 4.79 Å². The van der Waals surface area contributed by atoms with Crippen LogP contribution in [0.4, 0.5) is 13.2 Å². The summed E-state index contributed by atoms with van der Waals surface area (Å²) < 4.78 is 38.9. The minimum Gasteiger partial charge on any atom is -0.350 e. The van der Waals surface area contributed by atoms with Crippen LogP contribution in [0.15, 0.2) is 12.1 Å². The van der Waals surface area contributed by atoms with Gasteiger partial charge in [0.1, 0.15) is 17.5 Å². The van der Waals surface area contributed by atoms with Crippen molar-refractivity contribution in [3.63, 3.8) is 0 Å². The number of amides is 1. The predicted molar refractivity (Wildman–Crippen MR) is 48.5 cm³/mol. The molecule has 2 nitrogen and oxygen atoms in total. The molecule has 1 amide bonds. The van der Waals surface area contributed by atoms with Gasteiger partial charge in [-0.1, -0.05) is 0 Å². The van der Waals surface area contributed by atoms with E-state index in [0.717, 1.165) is 0 Å². The number of nitrogens with one attached hydrogen (secondary N) is 1. The second kappa shape index (κ2) is 4.33. The van der Waals surface area contributed by atoms with E-state index in [1.54, 1.807) is 0 Å². The normalized spacial score (nSPS) is 12.3. The van der Waals surface area contributed by atoms with Gasteiger partial charge in [0, 0.05) is 24.6 Å². The topological polar surface area (TPSA) is 29.1 Å². The maximum absolute atomic E-state index is 13.2. The van der Waals surface area contributed by atoms with E-state index in [-0.39, 0.29) is 5.56 Å². The predicted octanol–water partition coefficient (Wildman–Crippen LogP) is 2.30. The van der Waals surface area contributed by atoms with E-state index in [1.165, 1.54) is 13.8 Å². The molecule has 15 heavy (non-hydrogen) atoms. The third kappa shape index (κ3) is 2.71. The lowest BCUT2D eigenvalue weighted by Crippen LogP contribution is -2.25. The minimum atomic E-state index is -1.01. The molecule has 1 rings (SSSR count). The molecule has 0 saturated heterocycles. The van der Waals surface area contributed by atoms with Crippen LogP contribution in [0.25, 0.3) is 0 Å². The smallest absolute Gasteiger partial charge is 0.217 e. The molecule has 1 aromatic carbocycles. The molecule has 0 radical (unpaired) electrons. The van der Waals surface area contributed by atoms with E-state index < -0.39 is 29.4 Å². The number of rotatable bonds is 2. The number of benzene rings is 1. The first-order valence-corrected chi connectivity index (χ1v) is 4.33. The van der Waals surface area contributed by atoms with E-state index in [0.29, 0.717) is 12.1 Å². The summed E-state index contributed by atoms with van der Waals surface area (Å²) in [7, 11) is 0. The maximum Gasteiger partial charge on any atom is 0.217 e. The van der Waals surface area contributed by atoms with E-state index in [9.17, 15) is 18.0 Å². The van der Waals surface area contributed by atoms with Crippen molar-refractivity contribution < 1.29 is 18.0 Å². The molecule has 0 aliphatic carbocycles. The maximum atomic E-state index is 13.2. The lowest BCUT2D eigenvalue weighted by atomic mass is 10.1. The highest BCUT2D eigenvalue weighted by atomic mass is 19.1. The molecule has 1 unspecified atom stereocenters. The summed E-state index contributed by atoms with van der Waals surface area (Å²) in [6, 6.07) is 0.330. The summed E-state index contributed by atoms with van der Waals surface area (Å²) in [5.41, 5.74) is -0.341. The number of carbonyl (C=O) groups excluding carboxylic acids is 1. The van der Waals surface area contributed by atoms with Gasteiger partial charge in [-0.3, -0.25) is 4.79 Å². The van der Waals surface area contributed by atoms with E-state index in [1.807, 2.05) is 0 Å². The molecule has 1 N–H and O–H groups in total. The van der Waals surface area contributed by atoms with Gasteiger partial charge < -0.3 is 5.32 Å². The van der Waals surface area contributed by atoms with Gasteiger partial charge in [0.05, 0.1) is 6.04 Å². The molecule has 0 spiro atoms. The first-order chi connectivity index (χ1) is 6.91. The summed E-state index contributed by atoms with van der Waals surface area (Å²) in [5, 5.41) is 2.32. The Morgan fingerprint density at radius 1 is 1.27 bits per heavy atom.